The van der Waals surface area contributed by atoms with Crippen molar-refractivity contribution in [3.05, 3.63) is 30.5 Å². The highest BCUT2D eigenvalue weighted by molar-refractivity contribution is 8.00. The van der Waals surface area contributed by atoms with Gasteiger partial charge in [0, 0.05) is 42.1 Å². The van der Waals surface area contributed by atoms with E-state index < -0.39 is 0 Å². The van der Waals surface area contributed by atoms with Crippen molar-refractivity contribution in [3.8, 4) is 0 Å². The number of carbonyl (C=O) groups is 1. The molecular formula is C15H18N2OS. The lowest BCUT2D eigenvalue weighted by atomic mass is 10.2. The lowest BCUT2D eigenvalue weighted by molar-refractivity contribution is -0.127. The summed E-state index contributed by atoms with van der Waals surface area (Å²) < 4.78 is 2.12. The van der Waals surface area contributed by atoms with Crippen LogP contribution in [-0.4, -0.2) is 34.2 Å². The van der Waals surface area contributed by atoms with Crippen LogP contribution in [-0.2, 0) is 11.8 Å². The molecule has 0 unspecified atom stereocenters. The van der Waals surface area contributed by atoms with Gasteiger partial charge in [-0.2, -0.15) is 0 Å². The molecule has 3 nitrogen and oxygen atoms in total. The van der Waals surface area contributed by atoms with Gasteiger partial charge < -0.3 is 9.47 Å². The smallest absolute Gasteiger partial charge is 0.232 e. The number of aromatic nitrogens is 1. The Kier molecular flexibility index (Phi) is 3.51. The number of rotatable bonds is 3. The van der Waals surface area contributed by atoms with Gasteiger partial charge >= 0.3 is 0 Å². The van der Waals surface area contributed by atoms with Gasteiger partial charge in [0.25, 0.3) is 0 Å². The van der Waals surface area contributed by atoms with E-state index in [0.29, 0.717) is 5.75 Å². The molecule has 1 amide bonds. The maximum Gasteiger partial charge on any atom is 0.232 e. The van der Waals surface area contributed by atoms with E-state index in [2.05, 4.69) is 36.0 Å². The van der Waals surface area contributed by atoms with E-state index in [9.17, 15) is 4.79 Å². The lowest BCUT2D eigenvalue weighted by Crippen LogP contribution is -2.29. The average Bonchev–Trinajstić information content (AvgIpc) is 3.06. The van der Waals surface area contributed by atoms with E-state index >= 15 is 0 Å². The second kappa shape index (κ2) is 5.29. The van der Waals surface area contributed by atoms with Gasteiger partial charge in [-0.3, -0.25) is 4.79 Å². The minimum atomic E-state index is 0.274. The highest BCUT2D eigenvalue weighted by Gasteiger charge is 2.18. The number of para-hydroxylation sites is 1. The summed E-state index contributed by atoms with van der Waals surface area (Å²) in [4.78, 5) is 15.2. The summed E-state index contributed by atoms with van der Waals surface area (Å²) in [5.74, 6) is 0.823. The van der Waals surface area contributed by atoms with Crippen LogP contribution in [0.25, 0.3) is 10.9 Å². The first kappa shape index (κ1) is 12.6. The van der Waals surface area contributed by atoms with Crippen molar-refractivity contribution in [3.63, 3.8) is 0 Å². The molecular weight excluding hydrogens is 256 g/mol. The van der Waals surface area contributed by atoms with Gasteiger partial charge in [-0.05, 0) is 18.9 Å². The largest absolute Gasteiger partial charge is 0.349 e. The van der Waals surface area contributed by atoms with Gasteiger partial charge in [0.05, 0.1) is 5.75 Å². The van der Waals surface area contributed by atoms with Crippen LogP contribution >= 0.6 is 11.8 Å². The van der Waals surface area contributed by atoms with Crippen LogP contribution in [0.4, 0.5) is 0 Å². The minimum absolute atomic E-state index is 0.274. The van der Waals surface area contributed by atoms with E-state index in [-0.39, 0.29) is 5.91 Å². The monoisotopic (exact) mass is 274 g/mol. The summed E-state index contributed by atoms with van der Waals surface area (Å²) in [5, 5.41) is 1.24. The van der Waals surface area contributed by atoms with Crippen molar-refractivity contribution in [2.75, 3.05) is 18.8 Å². The van der Waals surface area contributed by atoms with Crippen molar-refractivity contribution < 1.29 is 4.79 Å². The molecule has 1 aromatic carbocycles. The molecule has 4 heteroatoms. The van der Waals surface area contributed by atoms with Crippen molar-refractivity contribution in [2.45, 2.75) is 17.7 Å². The fraction of sp³-hybridized carbons (Fsp3) is 0.400. The summed E-state index contributed by atoms with van der Waals surface area (Å²) in [5.41, 5.74) is 1.22. The zero-order valence-electron chi connectivity index (χ0n) is 11.1. The maximum atomic E-state index is 12.1. The molecule has 1 aliphatic rings. The standard InChI is InChI=1S/C15H18N2OS/c1-16-10-14(12-6-2-3-7-13(12)16)19-11-15(18)17-8-4-5-9-17/h2-3,6-7,10H,4-5,8-9,11H2,1H3. The van der Waals surface area contributed by atoms with Crippen LogP contribution in [0.15, 0.2) is 35.4 Å². The topological polar surface area (TPSA) is 25.2 Å². The molecule has 100 valence electrons. The summed E-state index contributed by atoms with van der Waals surface area (Å²) in [6.45, 7) is 1.88. The number of nitrogens with zero attached hydrogens (tertiary/aromatic N) is 2. The number of aryl methyl sites for hydroxylation is 1. The van der Waals surface area contributed by atoms with Crippen LogP contribution < -0.4 is 0 Å². The number of fused-ring (bicyclic) bond motifs is 1. The quantitative estimate of drug-likeness (QED) is 0.804. The molecule has 2 heterocycles. The van der Waals surface area contributed by atoms with E-state index in [1.807, 2.05) is 11.0 Å². The molecule has 1 fully saturated rings. The number of thioether (sulfide) groups is 1. The second-order valence-electron chi connectivity index (χ2n) is 5.00. The second-order valence-corrected chi connectivity index (χ2v) is 6.02. The molecule has 1 aliphatic heterocycles. The summed E-state index contributed by atoms with van der Waals surface area (Å²) in [7, 11) is 2.05. The van der Waals surface area contributed by atoms with Gasteiger partial charge in [0.2, 0.25) is 5.91 Å². The Morgan fingerprint density at radius 2 is 2.00 bits per heavy atom. The zero-order chi connectivity index (χ0) is 13.2. The fourth-order valence-electron chi connectivity index (χ4n) is 2.62. The summed E-state index contributed by atoms with van der Waals surface area (Å²) >= 11 is 1.65. The first-order valence-corrected chi connectivity index (χ1v) is 7.69. The molecule has 19 heavy (non-hydrogen) atoms. The van der Waals surface area contributed by atoms with E-state index in [4.69, 9.17) is 0 Å². The summed E-state index contributed by atoms with van der Waals surface area (Å²) in [6, 6.07) is 8.33. The first-order chi connectivity index (χ1) is 9.25. The fourth-order valence-corrected chi connectivity index (χ4v) is 3.64. The van der Waals surface area contributed by atoms with Crippen molar-refractivity contribution >= 4 is 28.6 Å². The Hall–Kier alpha value is -1.42. The molecule has 1 saturated heterocycles. The third-order valence-corrected chi connectivity index (χ3v) is 4.70. The van der Waals surface area contributed by atoms with Gasteiger partial charge in [0.1, 0.15) is 0 Å². The Morgan fingerprint density at radius 3 is 2.79 bits per heavy atom. The van der Waals surface area contributed by atoms with Crippen molar-refractivity contribution in [2.24, 2.45) is 7.05 Å². The van der Waals surface area contributed by atoms with Crippen LogP contribution in [0.3, 0.4) is 0 Å². The third-order valence-electron chi connectivity index (χ3n) is 3.67. The highest BCUT2D eigenvalue weighted by atomic mass is 32.2. The number of carbonyl (C=O) groups excluding carboxylic acids is 1. The highest BCUT2D eigenvalue weighted by Crippen LogP contribution is 2.29. The van der Waals surface area contributed by atoms with Gasteiger partial charge in [-0.15, -0.1) is 11.8 Å². The molecule has 2 aromatic rings. The van der Waals surface area contributed by atoms with E-state index in [1.165, 1.54) is 15.8 Å². The maximum absolute atomic E-state index is 12.1. The Bertz CT molecular complexity index is 599. The van der Waals surface area contributed by atoms with E-state index in [1.54, 1.807) is 11.8 Å². The molecule has 3 rings (SSSR count). The molecule has 0 aliphatic carbocycles. The molecule has 1 aromatic heterocycles. The molecule has 0 spiro atoms. The molecule has 0 atom stereocenters. The number of benzene rings is 1. The average molecular weight is 274 g/mol. The molecule has 0 saturated carbocycles. The van der Waals surface area contributed by atoms with Crippen molar-refractivity contribution in [1.82, 2.24) is 9.47 Å². The number of amides is 1. The van der Waals surface area contributed by atoms with Gasteiger partial charge in [-0.25, -0.2) is 0 Å². The Morgan fingerprint density at radius 1 is 1.26 bits per heavy atom. The van der Waals surface area contributed by atoms with Crippen LogP contribution in [0.1, 0.15) is 12.8 Å². The predicted molar refractivity (Wildman–Crippen MR) is 79.5 cm³/mol. The molecule has 0 bridgehead atoms. The predicted octanol–water partition coefficient (Wildman–Crippen LogP) is 2.89. The third kappa shape index (κ3) is 2.50. The summed E-state index contributed by atoms with van der Waals surface area (Å²) in [6.07, 6.45) is 4.43. The Labute approximate surface area is 117 Å². The first-order valence-electron chi connectivity index (χ1n) is 6.70. The normalized spacial score (nSPS) is 15.3. The van der Waals surface area contributed by atoms with Crippen molar-refractivity contribution in [1.29, 1.82) is 0 Å². The SMILES string of the molecule is Cn1cc(SCC(=O)N2CCCC2)c2ccccc21. The molecule has 0 N–H and O–H groups in total. The van der Waals surface area contributed by atoms with Crippen LogP contribution in [0.5, 0.6) is 0 Å². The van der Waals surface area contributed by atoms with E-state index in [0.717, 1.165) is 25.9 Å². The van der Waals surface area contributed by atoms with Gasteiger partial charge in [0.15, 0.2) is 0 Å². The van der Waals surface area contributed by atoms with Gasteiger partial charge in [-0.1, -0.05) is 18.2 Å². The van der Waals surface area contributed by atoms with Crippen LogP contribution in [0.2, 0.25) is 0 Å². The number of likely N-dealkylation sites (tertiary alicyclic amines) is 1. The molecule has 0 radical (unpaired) electrons. The van der Waals surface area contributed by atoms with Crippen LogP contribution in [0, 0.1) is 0 Å². The number of hydrogen-bond donors (Lipinski definition) is 0. The zero-order valence-corrected chi connectivity index (χ0v) is 11.9. The Balaban J connectivity index is 1.73. The minimum Gasteiger partial charge on any atom is -0.349 e. The lowest BCUT2D eigenvalue weighted by Gasteiger charge is -2.14. The number of hydrogen-bond acceptors (Lipinski definition) is 2.